The van der Waals surface area contributed by atoms with Gasteiger partial charge in [0.2, 0.25) is 5.95 Å². The number of furan rings is 1. The van der Waals surface area contributed by atoms with Crippen LogP contribution in [-0.4, -0.2) is 14.5 Å². The van der Waals surface area contributed by atoms with Crippen molar-refractivity contribution in [3.8, 4) is 17.2 Å². The fraction of sp³-hybridized carbons (Fsp3) is 0. The van der Waals surface area contributed by atoms with Crippen LogP contribution in [0.5, 0.6) is 0 Å². The van der Waals surface area contributed by atoms with Gasteiger partial charge in [0.05, 0.1) is 22.2 Å². The Balaban J connectivity index is 1.35. The minimum absolute atomic E-state index is 0.687. The highest BCUT2D eigenvalue weighted by atomic mass is 32.2. The Kier molecular flexibility index (Phi) is 4.09. The van der Waals surface area contributed by atoms with E-state index in [0.717, 1.165) is 55.1 Å². The molecule has 9 aromatic rings. The van der Waals surface area contributed by atoms with Crippen molar-refractivity contribution < 1.29 is 4.42 Å². The van der Waals surface area contributed by atoms with Crippen molar-refractivity contribution >= 4 is 77.2 Å². The summed E-state index contributed by atoms with van der Waals surface area (Å²) in [7, 11) is 0. The molecule has 0 aliphatic carbocycles. The number of nitrogens with zero attached hydrogens (tertiary/aromatic N) is 3. The van der Waals surface area contributed by atoms with E-state index in [2.05, 4.69) is 108 Å². The first kappa shape index (κ1) is 21.7. The zero-order valence-electron chi connectivity index (χ0n) is 21.6. The maximum Gasteiger partial charge on any atom is 0.235 e. The summed E-state index contributed by atoms with van der Waals surface area (Å²) in [6, 6.07) is 40.5. The molecular formula is C36H19N3OS. The monoisotopic (exact) mass is 541 g/mol. The van der Waals surface area contributed by atoms with Crippen LogP contribution < -0.4 is 0 Å². The lowest BCUT2D eigenvalue weighted by molar-refractivity contribution is 0.669. The molecule has 0 amide bonds. The molecule has 41 heavy (non-hydrogen) atoms. The summed E-state index contributed by atoms with van der Waals surface area (Å²) in [6.07, 6.45) is 0. The molecule has 190 valence electrons. The van der Waals surface area contributed by atoms with Gasteiger partial charge in [-0.05, 0) is 59.3 Å². The summed E-state index contributed by atoms with van der Waals surface area (Å²) < 4.78 is 8.45. The molecule has 0 bridgehead atoms. The molecule has 5 heteroatoms. The van der Waals surface area contributed by atoms with Crippen LogP contribution in [0, 0.1) is 0 Å². The lowest BCUT2D eigenvalue weighted by atomic mass is 9.99. The molecule has 0 atom stereocenters. The van der Waals surface area contributed by atoms with Crippen molar-refractivity contribution in [1.82, 2.24) is 14.5 Å². The molecule has 1 aliphatic heterocycles. The standard InChI is InChI=1S/C36H19N3OS/c1-4-12-26-22(8-1)32-20-17-19-29-33(23-9-2-5-13-28(23)40-29)21(20)16-18-27(32)39(26)36-37-25-11-7-15-31-34(25)35(38-36)24-10-3-6-14-30(24)41-31/h1-19H. The normalized spacial score (nSPS) is 12.8. The van der Waals surface area contributed by atoms with Gasteiger partial charge in [-0.2, -0.15) is 0 Å². The molecule has 0 unspecified atom stereocenters. The summed E-state index contributed by atoms with van der Waals surface area (Å²) in [4.78, 5) is 12.9. The Morgan fingerprint density at radius 1 is 0.512 bits per heavy atom. The highest BCUT2D eigenvalue weighted by molar-refractivity contribution is 7.99. The van der Waals surface area contributed by atoms with E-state index in [0.29, 0.717) is 5.95 Å². The summed E-state index contributed by atoms with van der Waals surface area (Å²) in [5, 5.41) is 8.19. The quantitative estimate of drug-likeness (QED) is 0.207. The van der Waals surface area contributed by atoms with Gasteiger partial charge in [0, 0.05) is 42.3 Å². The van der Waals surface area contributed by atoms with E-state index in [9.17, 15) is 0 Å². The third kappa shape index (κ3) is 2.81. The minimum atomic E-state index is 0.687. The van der Waals surface area contributed by atoms with Crippen molar-refractivity contribution in [3.63, 3.8) is 0 Å². The van der Waals surface area contributed by atoms with Crippen molar-refractivity contribution in [1.29, 1.82) is 0 Å². The maximum atomic E-state index is 6.22. The Labute approximate surface area is 237 Å². The molecule has 1 aliphatic rings. The molecule has 0 saturated heterocycles. The molecule has 0 saturated carbocycles. The van der Waals surface area contributed by atoms with E-state index < -0.39 is 0 Å². The van der Waals surface area contributed by atoms with Crippen molar-refractivity contribution in [2.45, 2.75) is 9.79 Å². The lowest BCUT2D eigenvalue weighted by Crippen LogP contribution is -2.05. The second-order valence-electron chi connectivity index (χ2n) is 10.6. The zero-order chi connectivity index (χ0) is 26.7. The second kappa shape index (κ2) is 7.74. The molecule has 0 spiro atoms. The van der Waals surface area contributed by atoms with Crippen LogP contribution in [0.4, 0.5) is 0 Å². The van der Waals surface area contributed by atoms with Crippen LogP contribution in [0.25, 0.3) is 82.6 Å². The van der Waals surface area contributed by atoms with E-state index in [4.69, 9.17) is 14.4 Å². The third-order valence-corrected chi connectivity index (χ3v) is 9.54. The smallest absolute Gasteiger partial charge is 0.235 e. The first-order chi connectivity index (χ1) is 20.3. The minimum Gasteiger partial charge on any atom is -0.456 e. The first-order valence-corrected chi connectivity index (χ1v) is 14.5. The number of hydrogen-bond acceptors (Lipinski definition) is 4. The summed E-state index contributed by atoms with van der Waals surface area (Å²) in [5.74, 6) is 0.687. The number of benzene rings is 6. The number of aromatic nitrogens is 3. The Hall–Kier alpha value is -5.13. The third-order valence-electron chi connectivity index (χ3n) is 8.41. The number of rotatable bonds is 1. The van der Waals surface area contributed by atoms with Crippen LogP contribution in [0.15, 0.2) is 129 Å². The van der Waals surface area contributed by atoms with Crippen LogP contribution in [0.2, 0.25) is 0 Å². The molecule has 3 aromatic heterocycles. The predicted octanol–water partition coefficient (Wildman–Crippen LogP) is 9.91. The SMILES string of the molecule is c1ccc2c(c1)Sc1cccc3nc(-n4c5ccccc5c5c6ccc7oc8ccccc8c7c6ccc54)nc-2c13. The fourth-order valence-electron chi connectivity index (χ4n) is 6.70. The van der Waals surface area contributed by atoms with Crippen LogP contribution in [0.3, 0.4) is 0 Å². The molecule has 4 nitrogen and oxygen atoms in total. The van der Waals surface area contributed by atoms with E-state index >= 15 is 0 Å². The topological polar surface area (TPSA) is 43.9 Å². The average Bonchev–Trinajstić information content (AvgIpc) is 3.57. The molecule has 4 heterocycles. The number of para-hydroxylation sites is 2. The van der Waals surface area contributed by atoms with Crippen LogP contribution in [0.1, 0.15) is 0 Å². The van der Waals surface area contributed by atoms with E-state index in [1.807, 2.05) is 12.1 Å². The molecule has 0 N–H and O–H groups in total. The van der Waals surface area contributed by atoms with Crippen molar-refractivity contribution in [2.75, 3.05) is 0 Å². The Morgan fingerprint density at radius 2 is 1.29 bits per heavy atom. The van der Waals surface area contributed by atoms with Gasteiger partial charge in [-0.15, -0.1) is 0 Å². The fourth-order valence-corrected chi connectivity index (χ4v) is 7.81. The zero-order valence-corrected chi connectivity index (χ0v) is 22.4. The van der Waals surface area contributed by atoms with Crippen molar-refractivity contribution in [2.24, 2.45) is 0 Å². The number of hydrogen-bond donors (Lipinski definition) is 0. The molecular weight excluding hydrogens is 522 g/mol. The van der Waals surface area contributed by atoms with Crippen LogP contribution in [-0.2, 0) is 0 Å². The highest BCUT2D eigenvalue weighted by Crippen LogP contribution is 2.47. The van der Waals surface area contributed by atoms with Crippen molar-refractivity contribution in [3.05, 3.63) is 115 Å². The first-order valence-electron chi connectivity index (χ1n) is 13.7. The average molecular weight is 542 g/mol. The van der Waals surface area contributed by atoms with Gasteiger partial charge < -0.3 is 4.42 Å². The Morgan fingerprint density at radius 3 is 2.27 bits per heavy atom. The predicted molar refractivity (Wildman–Crippen MR) is 168 cm³/mol. The summed E-state index contributed by atoms with van der Waals surface area (Å²) in [6.45, 7) is 0. The Bertz CT molecular complexity index is 2580. The van der Waals surface area contributed by atoms with Crippen LogP contribution >= 0.6 is 11.8 Å². The molecule has 0 radical (unpaired) electrons. The maximum absolute atomic E-state index is 6.22. The molecule has 6 aromatic carbocycles. The van der Waals surface area contributed by atoms with Gasteiger partial charge in [-0.1, -0.05) is 78.5 Å². The largest absolute Gasteiger partial charge is 0.456 e. The molecule has 0 fully saturated rings. The van der Waals surface area contributed by atoms with Gasteiger partial charge in [0.25, 0.3) is 0 Å². The van der Waals surface area contributed by atoms with E-state index in [1.54, 1.807) is 11.8 Å². The number of fused-ring (bicyclic) bond motifs is 11. The van der Waals surface area contributed by atoms with Gasteiger partial charge >= 0.3 is 0 Å². The van der Waals surface area contributed by atoms with E-state index in [-0.39, 0.29) is 0 Å². The van der Waals surface area contributed by atoms with Gasteiger partial charge in [0.15, 0.2) is 0 Å². The lowest BCUT2D eigenvalue weighted by Gasteiger charge is -2.20. The summed E-state index contributed by atoms with van der Waals surface area (Å²) >= 11 is 1.79. The highest BCUT2D eigenvalue weighted by Gasteiger charge is 2.24. The van der Waals surface area contributed by atoms with Gasteiger partial charge in [-0.3, -0.25) is 4.57 Å². The summed E-state index contributed by atoms with van der Waals surface area (Å²) in [5.41, 5.74) is 7.11. The van der Waals surface area contributed by atoms with E-state index in [1.165, 1.54) is 31.3 Å². The van der Waals surface area contributed by atoms with Gasteiger partial charge in [0.1, 0.15) is 11.2 Å². The van der Waals surface area contributed by atoms with Gasteiger partial charge in [-0.25, -0.2) is 9.97 Å². The molecule has 10 rings (SSSR count). The second-order valence-corrected chi connectivity index (χ2v) is 11.6.